The van der Waals surface area contributed by atoms with Crippen LogP contribution in [0, 0.1) is 5.92 Å². The fourth-order valence-electron chi connectivity index (χ4n) is 1.88. The summed E-state index contributed by atoms with van der Waals surface area (Å²) < 4.78 is 4.89. The Balaban J connectivity index is 2.75. The fourth-order valence-corrected chi connectivity index (χ4v) is 2.08. The Bertz CT molecular complexity index is 390. The number of nitrogens with one attached hydrogen (secondary N) is 1. The van der Waals surface area contributed by atoms with Gasteiger partial charge in [-0.2, -0.15) is 0 Å². The Morgan fingerprint density at radius 3 is 2.71 bits per heavy atom. The molecule has 1 aromatic rings. The van der Waals surface area contributed by atoms with Crippen molar-refractivity contribution in [2.24, 2.45) is 11.7 Å². The molecule has 4 nitrogen and oxygen atoms in total. The van der Waals surface area contributed by atoms with E-state index in [9.17, 15) is 4.79 Å². The maximum atomic E-state index is 12.0. The van der Waals surface area contributed by atoms with Crippen LogP contribution in [0.3, 0.4) is 0 Å². The molecule has 0 fully saturated rings. The molecule has 1 amide bonds. The van der Waals surface area contributed by atoms with Gasteiger partial charge in [0, 0.05) is 12.1 Å². The highest BCUT2D eigenvalue weighted by molar-refractivity contribution is 6.32. The van der Waals surface area contributed by atoms with Crippen LogP contribution in [0.25, 0.3) is 0 Å². The lowest BCUT2D eigenvalue weighted by atomic mass is 9.90. The van der Waals surface area contributed by atoms with Crippen molar-refractivity contribution in [3.8, 4) is 0 Å². The lowest BCUT2D eigenvalue weighted by Crippen LogP contribution is -2.52. The van der Waals surface area contributed by atoms with Gasteiger partial charge in [0.1, 0.15) is 0 Å². The van der Waals surface area contributed by atoms with Crippen molar-refractivity contribution in [3.05, 3.63) is 23.1 Å². The third-order valence-corrected chi connectivity index (χ3v) is 2.88. The molecule has 1 atom stereocenters. The first-order valence-electron chi connectivity index (χ1n) is 5.63. The first kappa shape index (κ1) is 14.1. The summed E-state index contributed by atoms with van der Waals surface area (Å²) in [7, 11) is 0. The maximum Gasteiger partial charge on any atom is 0.256 e. The van der Waals surface area contributed by atoms with Gasteiger partial charge < -0.3 is 15.5 Å². The van der Waals surface area contributed by atoms with E-state index in [1.807, 2.05) is 6.92 Å². The third-order valence-electron chi connectivity index (χ3n) is 2.59. The van der Waals surface area contributed by atoms with Crippen LogP contribution < -0.4 is 11.1 Å². The summed E-state index contributed by atoms with van der Waals surface area (Å²) in [6.45, 7) is 6.49. The molecule has 0 bridgehead atoms. The molecule has 0 saturated heterocycles. The van der Waals surface area contributed by atoms with Crippen molar-refractivity contribution in [1.82, 2.24) is 5.32 Å². The van der Waals surface area contributed by atoms with Gasteiger partial charge in [-0.15, -0.1) is 0 Å². The molecule has 96 valence electrons. The number of hydrogen-bond donors (Lipinski definition) is 2. The number of hydrogen-bond acceptors (Lipinski definition) is 3. The van der Waals surface area contributed by atoms with E-state index in [0.29, 0.717) is 18.0 Å². The average molecular weight is 259 g/mol. The molecule has 0 spiro atoms. The van der Waals surface area contributed by atoms with E-state index >= 15 is 0 Å². The van der Waals surface area contributed by atoms with E-state index in [1.54, 1.807) is 6.07 Å². The van der Waals surface area contributed by atoms with Gasteiger partial charge >= 0.3 is 0 Å². The Morgan fingerprint density at radius 1 is 1.65 bits per heavy atom. The van der Waals surface area contributed by atoms with Gasteiger partial charge in [-0.3, -0.25) is 4.79 Å². The molecule has 1 rings (SSSR count). The fraction of sp³-hybridized carbons (Fsp3) is 0.583. The number of carbonyl (C=O) groups excluding carboxylic acids is 1. The monoisotopic (exact) mass is 258 g/mol. The third kappa shape index (κ3) is 3.75. The van der Waals surface area contributed by atoms with Gasteiger partial charge in [0.05, 0.1) is 11.8 Å². The maximum absolute atomic E-state index is 12.0. The number of carbonyl (C=O) groups is 1. The molecule has 1 heterocycles. The highest BCUT2D eigenvalue weighted by Gasteiger charge is 2.27. The molecule has 17 heavy (non-hydrogen) atoms. The molecule has 0 radical (unpaired) electrons. The minimum absolute atomic E-state index is 0.103. The molecule has 0 aliphatic heterocycles. The predicted octanol–water partition coefficient (Wildman–Crippen LogP) is 2.43. The van der Waals surface area contributed by atoms with Crippen molar-refractivity contribution in [3.63, 3.8) is 0 Å². The number of furan rings is 1. The highest BCUT2D eigenvalue weighted by Crippen LogP contribution is 2.20. The molecule has 3 N–H and O–H groups in total. The van der Waals surface area contributed by atoms with Gasteiger partial charge in [-0.05, 0) is 36.9 Å². The van der Waals surface area contributed by atoms with Crippen molar-refractivity contribution < 1.29 is 9.21 Å². The number of halogens is 1. The van der Waals surface area contributed by atoms with E-state index in [2.05, 4.69) is 19.2 Å². The molecule has 0 aliphatic carbocycles. The van der Waals surface area contributed by atoms with Gasteiger partial charge in [-0.1, -0.05) is 13.8 Å². The average Bonchev–Trinajstić information content (AvgIpc) is 2.63. The first-order chi connectivity index (χ1) is 7.88. The zero-order valence-corrected chi connectivity index (χ0v) is 11.2. The minimum atomic E-state index is -0.425. The summed E-state index contributed by atoms with van der Waals surface area (Å²) in [6.07, 6.45) is 2.20. The lowest BCUT2D eigenvalue weighted by Gasteiger charge is -2.31. The van der Waals surface area contributed by atoms with Gasteiger partial charge in [-0.25, -0.2) is 0 Å². The van der Waals surface area contributed by atoms with Crippen LogP contribution in [0.1, 0.15) is 37.6 Å². The zero-order valence-electron chi connectivity index (χ0n) is 10.4. The molecule has 1 unspecified atom stereocenters. The molecule has 0 aromatic carbocycles. The largest absolute Gasteiger partial charge is 0.452 e. The van der Waals surface area contributed by atoms with Crippen LogP contribution in [-0.2, 0) is 0 Å². The minimum Gasteiger partial charge on any atom is -0.452 e. The van der Waals surface area contributed by atoms with Gasteiger partial charge in [0.15, 0.2) is 0 Å². The van der Waals surface area contributed by atoms with Crippen molar-refractivity contribution in [2.75, 3.05) is 6.54 Å². The molecular weight excluding hydrogens is 240 g/mol. The Labute approximate surface area is 106 Å². The summed E-state index contributed by atoms with van der Waals surface area (Å²) in [5, 5.41) is 3.01. The highest BCUT2D eigenvalue weighted by atomic mass is 35.5. The SMILES string of the molecule is CC(C)CC(C)(CN)NC(=O)c1ccoc1Cl. The normalized spacial score (nSPS) is 14.7. The van der Waals surface area contributed by atoms with E-state index in [1.165, 1.54) is 6.26 Å². The summed E-state index contributed by atoms with van der Waals surface area (Å²) in [5.74, 6) is 0.195. The van der Waals surface area contributed by atoms with Crippen molar-refractivity contribution >= 4 is 17.5 Å². The molecule has 0 saturated carbocycles. The van der Waals surface area contributed by atoms with Crippen LogP contribution >= 0.6 is 11.6 Å². The lowest BCUT2D eigenvalue weighted by molar-refractivity contribution is 0.0898. The van der Waals surface area contributed by atoms with Crippen molar-refractivity contribution in [2.45, 2.75) is 32.7 Å². The first-order valence-corrected chi connectivity index (χ1v) is 6.01. The second-order valence-electron chi connectivity index (χ2n) is 4.92. The van der Waals surface area contributed by atoms with Gasteiger partial charge in [0.2, 0.25) is 5.22 Å². The van der Waals surface area contributed by atoms with Crippen molar-refractivity contribution in [1.29, 1.82) is 0 Å². The number of rotatable bonds is 5. The van der Waals surface area contributed by atoms with Crippen LogP contribution in [0.2, 0.25) is 5.22 Å². The van der Waals surface area contributed by atoms with Crippen LogP contribution in [0.15, 0.2) is 16.7 Å². The van der Waals surface area contributed by atoms with Crippen LogP contribution in [0.5, 0.6) is 0 Å². The summed E-state index contributed by atoms with van der Waals surface area (Å²) in [4.78, 5) is 12.0. The summed E-state index contributed by atoms with van der Waals surface area (Å²) in [6, 6.07) is 1.55. The predicted molar refractivity (Wildman–Crippen MR) is 68.1 cm³/mol. The van der Waals surface area contributed by atoms with E-state index in [0.717, 1.165) is 6.42 Å². The van der Waals surface area contributed by atoms with E-state index in [4.69, 9.17) is 21.8 Å². The molecule has 0 aliphatic rings. The molecule has 1 aromatic heterocycles. The van der Waals surface area contributed by atoms with Crippen LogP contribution in [-0.4, -0.2) is 18.0 Å². The van der Waals surface area contributed by atoms with E-state index in [-0.39, 0.29) is 11.1 Å². The Morgan fingerprint density at radius 2 is 2.29 bits per heavy atom. The summed E-state index contributed by atoms with van der Waals surface area (Å²) in [5.41, 5.74) is 5.64. The van der Waals surface area contributed by atoms with Crippen LogP contribution in [0.4, 0.5) is 0 Å². The smallest absolute Gasteiger partial charge is 0.256 e. The zero-order chi connectivity index (χ0) is 13.1. The number of nitrogens with two attached hydrogens (primary N) is 1. The second kappa shape index (κ2) is 5.56. The summed E-state index contributed by atoms with van der Waals surface area (Å²) >= 11 is 5.75. The Hall–Kier alpha value is -1.00. The quantitative estimate of drug-likeness (QED) is 0.852. The topological polar surface area (TPSA) is 68.3 Å². The Kier molecular flexibility index (Phi) is 4.60. The standard InChI is InChI=1S/C12H19ClN2O2/c1-8(2)6-12(3,7-14)15-11(16)9-4-5-17-10(9)13/h4-5,8H,6-7,14H2,1-3H3,(H,15,16). The van der Waals surface area contributed by atoms with Gasteiger partial charge in [0.25, 0.3) is 5.91 Å². The van der Waals surface area contributed by atoms with E-state index < -0.39 is 5.54 Å². The molecule has 5 heteroatoms. The number of amides is 1. The molecular formula is C12H19ClN2O2. The second-order valence-corrected chi connectivity index (χ2v) is 5.27.